The molecular formula is C14H17N3O4S2. The first kappa shape index (κ1) is 17.4. The third-order valence-corrected chi connectivity index (χ3v) is 4.60. The summed E-state index contributed by atoms with van der Waals surface area (Å²) < 4.78 is 29.0. The van der Waals surface area contributed by atoms with E-state index in [9.17, 15) is 13.2 Å². The maximum Gasteiger partial charge on any atom is 0.261 e. The van der Waals surface area contributed by atoms with Crippen molar-refractivity contribution in [3.63, 3.8) is 0 Å². The number of ether oxygens (including phenoxy) is 1. The molecule has 0 saturated carbocycles. The molecule has 2 rings (SSSR count). The maximum atomic E-state index is 12.5. The van der Waals surface area contributed by atoms with E-state index in [4.69, 9.17) is 4.74 Å². The number of nitrogens with one attached hydrogen (secondary N) is 1. The van der Waals surface area contributed by atoms with Gasteiger partial charge in [-0.2, -0.15) is 0 Å². The van der Waals surface area contributed by atoms with Crippen LogP contribution in [-0.2, 0) is 9.84 Å². The second kappa shape index (κ2) is 6.63. The lowest BCUT2D eigenvalue weighted by Gasteiger charge is -2.14. The number of hydrogen-bond donors (Lipinski definition) is 1. The Kier molecular flexibility index (Phi) is 5.00. The Hall–Kier alpha value is -2.00. The SMILES string of the molecule is Cc1nnc(NC(=O)c2cc(S(C)(=O)=O)ccc2OC(C)C)s1. The molecule has 9 heteroatoms. The average molecular weight is 355 g/mol. The van der Waals surface area contributed by atoms with Crippen molar-refractivity contribution in [3.05, 3.63) is 28.8 Å². The molecule has 0 bridgehead atoms. The number of sulfone groups is 1. The summed E-state index contributed by atoms with van der Waals surface area (Å²) in [6, 6.07) is 4.20. The molecule has 0 unspecified atom stereocenters. The number of amides is 1. The van der Waals surface area contributed by atoms with E-state index >= 15 is 0 Å². The number of carbonyl (C=O) groups excluding carboxylic acids is 1. The van der Waals surface area contributed by atoms with Crippen molar-refractivity contribution in [2.45, 2.75) is 31.8 Å². The lowest BCUT2D eigenvalue weighted by Crippen LogP contribution is -2.16. The standard InChI is InChI=1S/C14H17N3O4S2/c1-8(2)21-12-6-5-10(23(4,19)20)7-11(12)13(18)15-14-17-16-9(3)22-14/h5-8H,1-4H3,(H,15,17,18). The van der Waals surface area contributed by atoms with Gasteiger partial charge in [0, 0.05) is 6.26 Å². The Labute approximate surface area is 138 Å². The summed E-state index contributed by atoms with van der Waals surface area (Å²) in [6.07, 6.45) is 0.926. The summed E-state index contributed by atoms with van der Waals surface area (Å²) >= 11 is 1.23. The minimum Gasteiger partial charge on any atom is -0.490 e. The highest BCUT2D eigenvalue weighted by Crippen LogP contribution is 2.25. The molecule has 0 aliphatic carbocycles. The molecule has 2 aromatic rings. The second-order valence-corrected chi connectivity index (χ2v) is 8.37. The largest absolute Gasteiger partial charge is 0.490 e. The fourth-order valence-electron chi connectivity index (χ4n) is 1.79. The highest BCUT2D eigenvalue weighted by molar-refractivity contribution is 7.90. The Morgan fingerprint density at radius 2 is 2.00 bits per heavy atom. The van der Waals surface area contributed by atoms with E-state index in [1.807, 2.05) is 13.8 Å². The minimum atomic E-state index is -3.43. The normalized spacial score (nSPS) is 11.5. The highest BCUT2D eigenvalue weighted by Gasteiger charge is 2.19. The molecule has 1 aromatic carbocycles. The summed E-state index contributed by atoms with van der Waals surface area (Å²) in [6.45, 7) is 5.41. The molecule has 0 spiro atoms. The third kappa shape index (κ3) is 4.49. The van der Waals surface area contributed by atoms with Crippen molar-refractivity contribution in [1.82, 2.24) is 10.2 Å². The molecule has 1 aromatic heterocycles. The first-order valence-electron chi connectivity index (χ1n) is 6.79. The first-order valence-corrected chi connectivity index (χ1v) is 9.50. The number of carbonyl (C=O) groups is 1. The quantitative estimate of drug-likeness (QED) is 0.883. The van der Waals surface area contributed by atoms with E-state index in [0.717, 1.165) is 6.26 Å². The Morgan fingerprint density at radius 3 is 2.52 bits per heavy atom. The van der Waals surface area contributed by atoms with Crippen LogP contribution in [0.4, 0.5) is 5.13 Å². The molecule has 0 radical (unpaired) electrons. The highest BCUT2D eigenvalue weighted by atomic mass is 32.2. The van der Waals surface area contributed by atoms with E-state index in [0.29, 0.717) is 15.9 Å². The molecule has 7 nitrogen and oxygen atoms in total. The molecule has 1 N–H and O–H groups in total. The van der Waals surface area contributed by atoms with Crippen LogP contribution in [0.5, 0.6) is 5.75 Å². The molecule has 0 atom stereocenters. The van der Waals surface area contributed by atoms with Crippen LogP contribution in [0, 0.1) is 6.92 Å². The summed E-state index contributed by atoms with van der Waals surface area (Å²) in [5.74, 6) is -0.187. The molecular weight excluding hydrogens is 338 g/mol. The van der Waals surface area contributed by atoms with Gasteiger partial charge in [-0.1, -0.05) is 11.3 Å². The van der Waals surface area contributed by atoms with Crippen molar-refractivity contribution in [2.24, 2.45) is 0 Å². The number of hydrogen-bond acceptors (Lipinski definition) is 7. The van der Waals surface area contributed by atoms with Crippen LogP contribution < -0.4 is 10.1 Å². The molecule has 0 fully saturated rings. The van der Waals surface area contributed by atoms with Crippen molar-refractivity contribution in [3.8, 4) is 5.75 Å². The monoisotopic (exact) mass is 355 g/mol. The van der Waals surface area contributed by atoms with Crippen LogP contribution in [0.15, 0.2) is 23.1 Å². The summed E-state index contributed by atoms with van der Waals surface area (Å²) in [4.78, 5) is 12.5. The smallest absolute Gasteiger partial charge is 0.261 e. The number of rotatable bonds is 5. The van der Waals surface area contributed by atoms with Crippen molar-refractivity contribution in [1.29, 1.82) is 0 Å². The van der Waals surface area contributed by atoms with Crippen molar-refractivity contribution < 1.29 is 17.9 Å². The third-order valence-electron chi connectivity index (χ3n) is 2.73. The van der Waals surface area contributed by atoms with E-state index in [1.165, 1.54) is 29.5 Å². The van der Waals surface area contributed by atoms with Gasteiger partial charge in [0.15, 0.2) is 9.84 Å². The molecule has 23 heavy (non-hydrogen) atoms. The molecule has 0 aliphatic rings. The van der Waals surface area contributed by atoms with Gasteiger partial charge in [-0.15, -0.1) is 10.2 Å². The van der Waals surface area contributed by atoms with Crippen LogP contribution in [0.2, 0.25) is 0 Å². The summed E-state index contributed by atoms with van der Waals surface area (Å²) in [7, 11) is -3.43. The van der Waals surface area contributed by atoms with E-state index in [-0.39, 0.29) is 16.6 Å². The maximum absolute atomic E-state index is 12.5. The van der Waals surface area contributed by atoms with E-state index in [1.54, 1.807) is 6.92 Å². The summed E-state index contributed by atoms with van der Waals surface area (Å²) in [5.41, 5.74) is 0.134. The van der Waals surface area contributed by atoms with Crippen LogP contribution in [-0.4, -0.2) is 36.9 Å². The first-order chi connectivity index (χ1) is 10.7. The number of aryl methyl sites for hydroxylation is 1. The van der Waals surface area contributed by atoms with Gasteiger partial charge in [-0.3, -0.25) is 10.1 Å². The summed E-state index contributed by atoms with van der Waals surface area (Å²) in [5, 5.41) is 11.3. The topological polar surface area (TPSA) is 98.3 Å². The predicted octanol–water partition coefficient (Wildman–Crippen LogP) is 2.29. The molecule has 0 saturated heterocycles. The Bertz CT molecular complexity index is 828. The van der Waals surface area contributed by atoms with Crippen LogP contribution in [0.3, 0.4) is 0 Å². The molecule has 1 heterocycles. The Morgan fingerprint density at radius 1 is 1.30 bits per heavy atom. The zero-order valence-electron chi connectivity index (χ0n) is 13.2. The minimum absolute atomic E-state index is 0.0483. The fraction of sp³-hybridized carbons (Fsp3) is 0.357. The van der Waals surface area contributed by atoms with Gasteiger partial charge in [0.1, 0.15) is 10.8 Å². The molecule has 1 amide bonds. The Balaban J connectivity index is 2.41. The van der Waals surface area contributed by atoms with Gasteiger partial charge >= 0.3 is 0 Å². The van der Waals surface area contributed by atoms with E-state index in [2.05, 4.69) is 15.5 Å². The van der Waals surface area contributed by atoms with Crippen LogP contribution >= 0.6 is 11.3 Å². The number of anilines is 1. The zero-order valence-corrected chi connectivity index (χ0v) is 14.8. The number of aromatic nitrogens is 2. The van der Waals surface area contributed by atoms with Gasteiger partial charge in [-0.05, 0) is 39.0 Å². The van der Waals surface area contributed by atoms with Crippen molar-refractivity contribution in [2.75, 3.05) is 11.6 Å². The van der Waals surface area contributed by atoms with Crippen LogP contribution in [0.25, 0.3) is 0 Å². The van der Waals surface area contributed by atoms with Gasteiger partial charge in [0.2, 0.25) is 5.13 Å². The van der Waals surface area contributed by atoms with Crippen LogP contribution in [0.1, 0.15) is 29.2 Å². The zero-order chi connectivity index (χ0) is 17.2. The molecule has 0 aliphatic heterocycles. The van der Waals surface area contributed by atoms with Gasteiger partial charge in [0.25, 0.3) is 5.91 Å². The number of nitrogens with zero attached hydrogens (tertiary/aromatic N) is 2. The van der Waals surface area contributed by atoms with E-state index < -0.39 is 15.7 Å². The fourth-order valence-corrected chi connectivity index (χ4v) is 3.02. The lowest BCUT2D eigenvalue weighted by molar-refractivity contribution is 0.102. The lowest BCUT2D eigenvalue weighted by atomic mass is 10.2. The van der Waals surface area contributed by atoms with Gasteiger partial charge < -0.3 is 4.74 Å². The predicted molar refractivity (Wildman–Crippen MR) is 87.9 cm³/mol. The van der Waals surface area contributed by atoms with Crippen molar-refractivity contribution >= 4 is 32.2 Å². The van der Waals surface area contributed by atoms with Gasteiger partial charge in [0.05, 0.1) is 16.6 Å². The van der Waals surface area contributed by atoms with Gasteiger partial charge in [-0.25, -0.2) is 8.42 Å². The second-order valence-electron chi connectivity index (χ2n) is 5.18. The number of benzene rings is 1. The molecule has 124 valence electrons. The average Bonchev–Trinajstić information content (AvgIpc) is 2.82.